The molecule has 2 fully saturated rings. The number of anilines is 1. The third kappa shape index (κ3) is 4.62. The predicted molar refractivity (Wildman–Crippen MR) is 105 cm³/mol. The molecule has 8 heteroatoms. The zero-order valence-corrected chi connectivity index (χ0v) is 16.6. The van der Waals surface area contributed by atoms with E-state index in [0.29, 0.717) is 31.9 Å². The molecule has 27 heavy (non-hydrogen) atoms. The second-order valence-electron chi connectivity index (χ2n) is 7.46. The van der Waals surface area contributed by atoms with Gasteiger partial charge in [-0.2, -0.15) is 0 Å². The molecule has 0 aromatic heterocycles. The zero-order valence-electron chi connectivity index (χ0n) is 15.8. The van der Waals surface area contributed by atoms with Crippen molar-refractivity contribution in [3.05, 3.63) is 24.3 Å². The van der Waals surface area contributed by atoms with Gasteiger partial charge in [-0.25, -0.2) is 13.2 Å². The van der Waals surface area contributed by atoms with Gasteiger partial charge < -0.3 is 15.3 Å². The van der Waals surface area contributed by atoms with Crippen LogP contribution in [0.4, 0.5) is 10.5 Å². The van der Waals surface area contributed by atoms with E-state index in [9.17, 15) is 18.3 Å². The highest BCUT2D eigenvalue weighted by molar-refractivity contribution is 7.92. The lowest BCUT2D eigenvalue weighted by molar-refractivity contribution is 0.0870. The predicted octanol–water partition coefficient (Wildman–Crippen LogP) is 1.93. The van der Waals surface area contributed by atoms with Crippen LogP contribution in [0, 0.1) is 0 Å². The maximum atomic E-state index is 12.8. The molecule has 1 aliphatic carbocycles. The number of carbonyl (C=O) groups is 1. The smallest absolute Gasteiger partial charge is 0.321 e. The number of nitrogens with one attached hydrogen (secondary N) is 1. The van der Waals surface area contributed by atoms with Gasteiger partial charge in [0.05, 0.1) is 16.8 Å². The molecule has 2 amide bonds. The minimum Gasteiger partial charge on any atom is -0.395 e. The van der Waals surface area contributed by atoms with Crippen LogP contribution >= 0.6 is 0 Å². The molecule has 1 saturated heterocycles. The lowest BCUT2D eigenvalue weighted by Gasteiger charge is -2.37. The van der Waals surface area contributed by atoms with Crippen LogP contribution in [0.5, 0.6) is 0 Å². The second kappa shape index (κ2) is 8.58. The van der Waals surface area contributed by atoms with Crippen LogP contribution in [-0.2, 0) is 9.84 Å². The first kappa shape index (κ1) is 20.1. The Labute approximate surface area is 161 Å². The van der Waals surface area contributed by atoms with Crippen molar-refractivity contribution in [2.45, 2.75) is 48.8 Å². The first-order valence-corrected chi connectivity index (χ1v) is 11.2. The fourth-order valence-electron chi connectivity index (χ4n) is 3.83. The van der Waals surface area contributed by atoms with E-state index in [-0.39, 0.29) is 28.8 Å². The normalized spacial score (nSPS) is 20.6. The quantitative estimate of drug-likeness (QED) is 0.795. The molecule has 0 bridgehead atoms. The largest absolute Gasteiger partial charge is 0.395 e. The summed E-state index contributed by atoms with van der Waals surface area (Å²) in [6.45, 7) is 4.66. The van der Waals surface area contributed by atoms with Crippen LogP contribution in [0.15, 0.2) is 29.2 Å². The summed E-state index contributed by atoms with van der Waals surface area (Å²) in [6, 6.07) is 6.44. The Balaban J connectivity index is 1.62. The van der Waals surface area contributed by atoms with E-state index in [1.807, 2.05) is 6.92 Å². The molecule has 0 spiro atoms. The van der Waals surface area contributed by atoms with Crippen molar-refractivity contribution in [1.29, 1.82) is 0 Å². The maximum absolute atomic E-state index is 12.8. The van der Waals surface area contributed by atoms with Crippen molar-refractivity contribution >= 4 is 21.6 Å². The molecular weight excluding hydrogens is 366 g/mol. The van der Waals surface area contributed by atoms with E-state index >= 15 is 0 Å². The average molecular weight is 396 g/mol. The highest BCUT2D eigenvalue weighted by Crippen LogP contribution is 2.30. The number of sulfone groups is 1. The molecule has 0 unspecified atom stereocenters. The first-order valence-electron chi connectivity index (χ1n) is 9.66. The van der Waals surface area contributed by atoms with Crippen molar-refractivity contribution in [2.75, 3.05) is 38.1 Å². The van der Waals surface area contributed by atoms with Gasteiger partial charge in [-0.1, -0.05) is 18.9 Å². The molecule has 1 aromatic rings. The molecule has 2 aliphatic rings. The SMILES string of the molecule is C[C@H](CO)N1CCN(C(=O)Nc2cccc(S(=O)(=O)C3CCCC3)c2)CC1. The van der Waals surface area contributed by atoms with Gasteiger partial charge in [0.15, 0.2) is 9.84 Å². The first-order chi connectivity index (χ1) is 12.9. The van der Waals surface area contributed by atoms with Gasteiger partial charge in [0.25, 0.3) is 0 Å². The number of amides is 2. The number of piperazine rings is 1. The third-order valence-corrected chi connectivity index (χ3v) is 7.90. The number of nitrogens with zero attached hydrogens (tertiary/aromatic N) is 2. The summed E-state index contributed by atoms with van der Waals surface area (Å²) in [5.41, 5.74) is 0.505. The molecule has 3 rings (SSSR count). The van der Waals surface area contributed by atoms with Gasteiger partial charge in [-0.05, 0) is 38.0 Å². The van der Waals surface area contributed by atoms with Gasteiger partial charge in [-0.3, -0.25) is 4.90 Å². The van der Waals surface area contributed by atoms with Crippen LogP contribution in [0.2, 0.25) is 0 Å². The van der Waals surface area contributed by atoms with Crippen LogP contribution in [0.3, 0.4) is 0 Å². The molecule has 7 nitrogen and oxygen atoms in total. The van der Waals surface area contributed by atoms with E-state index in [1.54, 1.807) is 29.2 Å². The topological polar surface area (TPSA) is 89.9 Å². The van der Waals surface area contributed by atoms with Crippen molar-refractivity contribution < 1.29 is 18.3 Å². The van der Waals surface area contributed by atoms with E-state index < -0.39 is 9.84 Å². The Bertz CT molecular complexity index is 754. The lowest BCUT2D eigenvalue weighted by atomic mass is 10.2. The summed E-state index contributed by atoms with van der Waals surface area (Å²) in [6.07, 6.45) is 3.35. The van der Waals surface area contributed by atoms with Crippen LogP contribution in [0.25, 0.3) is 0 Å². The fraction of sp³-hybridized carbons (Fsp3) is 0.632. The molecule has 1 saturated carbocycles. The molecular formula is C19H29N3O4S. The van der Waals surface area contributed by atoms with Gasteiger partial charge in [0.2, 0.25) is 0 Å². The number of hydrogen-bond donors (Lipinski definition) is 2. The van der Waals surface area contributed by atoms with Crippen LogP contribution in [-0.4, -0.2) is 73.4 Å². The number of aliphatic hydroxyl groups is 1. The summed E-state index contributed by atoms with van der Waals surface area (Å²) < 4.78 is 25.5. The Morgan fingerprint density at radius 2 is 1.89 bits per heavy atom. The Hall–Kier alpha value is -1.64. The summed E-state index contributed by atoms with van der Waals surface area (Å²) in [7, 11) is -3.34. The molecule has 150 valence electrons. The standard InChI is InChI=1S/C19H29N3O4S/c1-15(14-23)21-9-11-22(12-10-21)19(24)20-16-5-4-8-18(13-16)27(25,26)17-6-2-3-7-17/h4-5,8,13,15,17,23H,2-3,6-7,9-12,14H2,1H3,(H,20,24)/t15-/m1/s1. The minimum absolute atomic E-state index is 0.0905. The van der Waals surface area contributed by atoms with E-state index in [0.717, 1.165) is 25.7 Å². The van der Waals surface area contributed by atoms with Crippen molar-refractivity contribution in [2.24, 2.45) is 0 Å². The fourth-order valence-corrected chi connectivity index (χ4v) is 5.72. The second-order valence-corrected chi connectivity index (χ2v) is 9.69. The number of hydrogen-bond acceptors (Lipinski definition) is 5. The molecule has 1 aromatic carbocycles. The number of urea groups is 1. The minimum atomic E-state index is -3.34. The van der Waals surface area contributed by atoms with E-state index in [2.05, 4.69) is 10.2 Å². The lowest BCUT2D eigenvalue weighted by Crippen LogP contribution is -2.53. The van der Waals surface area contributed by atoms with Crippen LogP contribution < -0.4 is 5.32 Å². The van der Waals surface area contributed by atoms with Crippen molar-refractivity contribution in [1.82, 2.24) is 9.80 Å². The average Bonchev–Trinajstić information content (AvgIpc) is 3.23. The number of rotatable bonds is 5. The zero-order chi connectivity index (χ0) is 19.4. The van der Waals surface area contributed by atoms with E-state index in [4.69, 9.17) is 0 Å². The Morgan fingerprint density at radius 1 is 1.22 bits per heavy atom. The molecule has 1 heterocycles. The molecule has 2 N–H and O–H groups in total. The maximum Gasteiger partial charge on any atom is 0.321 e. The Morgan fingerprint density at radius 3 is 2.52 bits per heavy atom. The third-order valence-electron chi connectivity index (χ3n) is 5.64. The molecule has 1 aliphatic heterocycles. The molecule has 1 atom stereocenters. The summed E-state index contributed by atoms with van der Waals surface area (Å²) in [4.78, 5) is 16.7. The van der Waals surface area contributed by atoms with E-state index in [1.165, 1.54) is 0 Å². The number of benzene rings is 1. The van der Waals surface area contributed by atoms with Crippen molar-refractivity contribution in [3.8, 4) is 0 Å². The van der Waals surface area contributed by atoms with Gasteiger partial charge in [0.1, 0.15) is 0 Å². The summed E-state index contributed by atoms with van der Waals surface area (Å²) >= 11 is 0. The number of aliphatic hydroxyl groups excluding tert-OH is 1. The Kier molecular flexibility index (Phi) is 6.39. The highest BCUT2D eigenvalue weighted by atomic mass is 32.2. The molecule has 0 radical (unpaired) electrons. The summed E-state index contributed by atoms with van der Waals surface area (Å²) in [5.74, 6) is 0. The van der Waals surface area contributed by atoms with Crippen molar-refractivity contribution in [3.63, 3.8) is 0 Å². The monoisotopic (exact) mass is 395 g/mol. The summed E-state index contributed by atoms with van der Waals surface area (Å²) in [5, 5.41) is 11.8. The van der Waals surface area contributed by atoms with Crippen LogP contribution in [0.1, 0.15) is 32.6 Å². The van der Waals surface area contributed by atoms with Gasteiger partial charge in [0, 0.05) is 37.9 Å². The van der Waals surface area contributed by atoms with Gasteiger partial charge in [-0.15, -0.1) is 0 Å². The van der Waals surface area contributed by atoms with Gasteiger partial charge >= 0.3 is 6.03 Å². The number of carbonyl (C=O) groups excluding carboxylic acids is 1. The highest BCUT2D eigenvalue weighted by Gasteiger charge is 2.30.